The minimum atomic E-state index is -4.88. The Bertz CT molecular complexity index is 1020. The molecule has 0 atom stereocenters. The van der Waals surface area contributed by atoms with Crippen LogP contribution in [0.4, 0.5) is 18.9 Å². The SMILES string of the molecule is O=S(=O)(Nc1ccc(-n2cnnn2)cc1)c1ccc(Cl)cc1C(F)(F)F. The van der Waals surface area contributed by atoms with Crippen molar-refractivity contribution in [2.75, 3.05) is 4.72 Å². The molecule has 0 bridgehead atoms. The van der Waals surface area contributed by atoms with E-state index < -0.39 is 26.7 Å². The highest BCUT2D eigenvalue weighted by Gasteiger charge is 2.37. The van der Waals surface area contributed by atoms with Gasteiger partial charge in [0, 0.05) is 10.7 Å². The van der Waals surface area contributed by atoms with E-state index in [1.165, 1.54) is 35.3 Å². The van der Waals surface area contributed by atoms with E-state index in [1.54, 1.807) is 0 Å². The molecule has 26 heavy (non-hydrogen) atoms. The second-order valence-corrected chi connectivity index (χ2v) is 7.13. The predicted octanol–water partition coefficient (Wildman–Crippen LogP) is 3.14. The van der Waals surface area contributed by atoms with Crippen LogP contribution in [-0.2, 0) is 16.2 Å². The molecule has 12 heteroatoms. The Morgan fingerprint density at radius 3 is 2.35 bits per heavy atom. The van der Waals surface area contributed by atoms with E-state index in [9.17, 15) is 21.6 Å². The third-order valence-electron chi connectivity index (χ3n) is 3.27. The number of anilines is 1. The van der Waals surface area contributed by atoms with Crippen LogP contribution in [0.3, 0.4) is 0 Å². The Morgan fingerprint density at radius 1 is 1.08 bits per heavy atom. The maximum atomic E-state index is 13.1. The number of halogens is 4. The van der Waals surface area contributed by atoms with E-state index in [0.717, 1.165) is 12.1 Å². The topological polar surface area (TPSA) is 89.8 Å². The van der Waals surface area contributed by atoms with Gasteiger partial charge in [0.15, 0.2) is 0 Å². The number of benzene rings is 2. The lowest BCUT2D eigenvalue weighted by Gasteiger charge is -2.15. The first-order chi connectivity index (χ1) is 12.2. The summed E-state index contributed by atoms with van der Waals surface area (Å²) < 4.78 is 67.6. The molecule has 0 spiro atoms. The molecule has 0 aliphatic rings. The van der Waals surface area contributed by atoms with Gasteiger partial charge in [-0.25, -0.2) is 13.1 Å². The van der Waals surface area contributed by atoms with Gasteiger partial charge in [0.2, 0.25) is 0 Å². The molecule has 0 aliphatic carbocycles. The van der Waals surface area contributed by atoms with Crippen LogP contribution in [-0.4, -0.2) is 28.6 Å². The largest absolute Gasteiger partial charge is 0.417 e. The third-order valence-corrected chi connectivity index (χ3v) is 4.94. The first-order valence-corrected chi connectivity index (χ1v) is 8.76. The fraction of sp³-hybridized carbons (Fsp3) is 0.0714. The molecule has 3 rings (SSSR count). The van der Waals surface area contributed by atoms with Crippen LogP contribution in [0, 0.1) is 0 Å². The van der Waals surface area contributed by atoms with Crippen molar-refractivity contribution in [1.29, 1.82) is 0 Å². The lowest BCUT2D eigenvalue weighted by atomic mass is 10.2. The fourth-order valence-electron chi connectivity index (χ4n) is 2.13. The van der Waals surface area contributed by atoms with Crippen molar-refractivity contribution in [3.05, 3.63) is 59.4 Å². The number of tetrazole rings is 1. The number of hydrogen-bond donors (Lipinski definition) is 1. The van der Waals surface area contributed by atoms with Gasteiger partial charge >= 0.3 is 6.18 Å². The highest BCUT2D eigenvalue weighted by molar-refractivity contribution is 7.92. The van der Waals surface area contributed by atoms with E-state index in [2.05, 4.69) is 20.2 Å². The van der Waals surface area contributed by atoms with Crippen molar-refractivity contribution in [2.45, 2.75) is 11.1 Å². The van der Waals surface area contributed by atoms with Gasteiger partial charge in [-0.2, -0.15) is 13.2 Å². The van der Waals surface area contributed by atoms with Gasteiger partial charge in [0.25, 0.3) is 10.0 Å². The first-order valence-electron chi connectivity index (χ1n) is 6.90. The van der Waals surface area contributed by atoms with Crippen molar-refractivity contribution in [3.63, 3.8) is 0 Å². The molecule has 3 aromatic rings. The molecular weight excluding hydrogens is 395 g/mol. The van der Waals surface area contributed by atoms with Crippen LogP contribution in [0.25, 0.3) is 5.69 Å². The zero-order valence-corrected chi connectivity index (χ0v) is 14.2. The third kappa shape index (κ3) is 3.78. The second-order valence-electron chi connectivity index (χ2n) is 5.05. The molecule has 0 amide bonds. The second kappa shape index (κ2) is 6.57. The number of sulfonamides is 1. The van der Waals surface area contributed by atoms with E-state index in [1.807, 2.05) is 0 Å². The summed E-state index contributed by atoms with van der Waals surface area (Å²) in [6, 6.07) is 8.20. The summed E-state index contributed by atoms with van der Waals surface area (Å²) >= 11 is 5.57. The quantitative estimate of drug-likeness (QED) is 0.722. The van der Waals surface area contributed by atoms with Crippen molar-refractivity contribution in [1.82, 2.24) is 20.2 Å². The summed E-state index contributed by atoms with van der Waals surface area (Å²) in [5.74, 6) is 0. The Morgan fingerprint density at radius 2 is 1.77 bits per heavy atom. The maximum Gasteiger partial charge on any atom is 0.417 e. The molecule has 136 valence electrons. The summed E-state index contributed by atoms with van der Waals surface area (Å²) in [5.41, 5.74) is -0.729. The minimum Gasteiger partial charge on any atom is -0.280 e. The van der Waals surface area contributed by atoms with E-state index in [4.69, 9.17) is 11.6 Å². The van der Waals surface area contributed by atoms with Crippen molar-refractivity contribution >= 4 is 27.3 Å². The first kappa shape index (κ1) is 18.1. The number of alkyl halides is 3. The van der Waals surface area contributed by atoms with Gasteiger partial charge in [-0.3, -0.25) is 4.72 Å². The Labute approximate surface area is 150 Å². The highest BCUT2D eigenvalue weighted by atomic mass is 35.5. The van der Waals surface area contributed by atoms with Crippen molar-refractivity contribution in [3.8, 4) is 5.69 Å². The molecule has 0 unspecified atom stereocenters. The van der Waals surface area contributed by atoms with Crippen LogP contribution in [0.15, 0.2) is 53.7 Å². The maximum absolute atomic E-state index is 13.1. The van der Waals surface area contributed by atoms with E-state index >= 15 is 0 Å². The average Bonchev–Trinajstić information content (AvgIpc) is 3.08. The van der Waals surface area contributed by atoms with Gasteiger partial charge in [0.05, 0.1) is 16.1 Å². The van der Waals surface area contributed by atoms with Crippen molar-refractivity contribution in [2.24, 2.45) is 0 Å². The Balaban J connectivity index is 1.93. The Kier molecular flexibility index (Phi) is 4.59. The molecule has 1 heterocycles. The van der Waals surface area contributed by atoms with Gasteiger partial charge in [-0.05, 0) is 52.9 Å². The predicted molar refractivity (Wildman–Crippen MR) is 86.4 cm³/mol. The normalized spacial score (nSPS) is 12.2. The molecule has 2 aromatic carbocycles. The summed E-state index contributed by atoms with van der Waals surface area (Å²) in [5, 5.41) is 10.4. The molecule has 0 aliphatic heterocycles. The zero-order chi connectivity index (χ0) is 18.9. The van der Waals surface area contributed by atoms with Crippen LogP contribution >= 0.6 is 11.6 Å². The van der Waals surface area contributed by atoms with Crippen LogP contribution in [0.5, 0.6) is 0 Å². The van der Waals surface area contributed by atoms with Crippen LogP contribution in [0.1, 0.15) is 5.56 Å². The molecule has 0 saturated carbocycles. The number of rotatable bonds is 4. The molecular formula is C14H9ClF3N5O2S. The molecule has 1 N–H and O–H groups in total. The summed E-state index contributed by atoms with van der Waals surface area (Å²) in [4.78, 5) is -0.918. The summed E-state index contributed by atoms with van der Waals surface area (Å²) in [7, 11) is -4.49. The molecule has 0 fully saturated rings. The molecule has 7 nitrogen and oxygen atoms in total. The number of hydrogen-bond acceptors (Lipinski definition) is 5. The molecule has 0 saturated heterocycles. The smallest absolute Gasteiger partial charge is 0.280 e. The average molecular weight is 404 g/mol. The number of nitrogens with zero attached hydrogens (tertiary/aromatic N) is 4. The molecule has 1 aromatic heterocycles. The summed E-state index contributed by atoms with van der Waals surface area (Å²) in [6.45, 7) is 0. The number of aromatic nitrogens is 4. The van der Waals surface area contributed by atoms with Gasteiger partial charge in [0.1, 0.15) is 6.33 Å². The summed E-state index contributed by atoms with van der Waals surface area (Å²) in [6.07, 6.45) is -3.54. The lowest BCUT2D eigenvalue weighted by Crippen LogP contribution is -2.19. The van der Waals surface area contributed by atoms with Gasteiger partial charge in [-0.15, -0.1) is 5.10 Å². The molecule has 0 radical (unpaired) electrons. The van der Waals surface area contributed by atoms with Crippen LogP contribution < -0.4 is 4.72 Å². The number of nitrogens with one attached hydrogen (secondary N) is 1. The van der Waals surface area contributed by atoms with Crippen LogP contribution in [0.2, 0.25) is 5.02 Å². The zero-order valence-electron chi connectivity index (χ0n) is 12.6. The van der Waals surface area contributed by atoms with Gasteiger partial charge in [-0.1, -0.05) is 11.6 Å². The highest BCUT2D eigenvalue weighted by Crippen LogP contribution is 2.36. The van der Waals surface area contributed by atoms with E-state index in [0.29, 0.717) is 11.8 Å². The van der Waals surface area contributed by atoms with Crippen molar-refractivity contribution < 1.29 is 21.6 Å². The lowest BCUT2D eigenvalue weighted by molar-refractivity contribution is -0.139. The Hall–Kier alpha value is -2.66. The van der Waals surface area contributed by atoms with E-state index in [-0.39, 0.29) is 10.7 Å². The minimum absolute atomic E-state index is 0.0740. The van der Waals surface area contributed by atoms with Gasteiger partial charge < -0.3 is 0 Å². The standard InChI is InChI=1S/C14H9ClF3N5O2S/c15-9-1-6-13(12(7-9)14(16,17)18)26(24,25)20-10-2-4-11(5-3-10)23-8-19-21-22-23/h1-8,20H. The fourth-order valence-corrected chi connectivity index (χ4v) is 3.57. The monoisotopic (exact) mass is 403 g/mol.